The van der Waals surface area contributed by atoms with Gasteiger partial charge in [0.1, 0.15) is 0 Å². The number of hydrogen-bond acceptors (Lipinski definition) is 5. The molecule has 0 unspecified atom stereocenters. The van der Waals surface area contributed by atoms with Crippen molar-refractivity contribution < 1.29 is 19.2 Å². The van der Waals surface area contributed by atoms with Crippen LogP contribution in [0.15, 0.2) is 36.4 Å². The number of non-ortho nitro benzene ring substituents is 1. The van der Waals surface area contributed by atoms with Gasteiger partial charge in [0.2, 0.25) is 0 Å². The van der Waals surface area contributed by atoms with Gasteiger partial charge in [0.25, 0.3) is 11.6 Å². The smallest absolute Gasteiger partial charge is 0.338 e. The summed E-state index contributed by atoms with van der Waals surface area (Å²) in [4.78, 5) is 35.3. The third-order valence-electron chi connectivity index (χ3n) is 4.14. The Morgan fingerprint density at radius 1 is 1.04 bits per heavy atom. The number of aryl methyl sites for hydroxylation is 2. The van der Waals surface area contributed by atoms with Gasteiger partial charge in [0.05, 0.1) is 17.1 Å². The van der Waals surface area contributed by atoms with E-state index >= 15 is 0 Å². The van der Waals surface area contributed by atoms with Gasteiger partial charge in [-0.15, -0.1) is 0 Å². The molecule has 2 aromatic carbocycles. The first-order valence-corrected chi connectivity index (χ1v) is 8.79. The molecule has 0 heterocycles. The average molecular weight is 370 g/mol. The van der Waals surface area contributed by atoms with Crippen molar-refractivity contribution in [3.8, 4) is 0 Å². The van der Waals surface area contributed by atoms with Gasteiger partial charge in [-0.2, -0.15) is 0 Å². The van der Waals surface area contributed by atoms with E-state index in [2.05, 4.69) is 5.32 Å². The van der Waals surface area contributed by atoms with Gasteiger partial charge in [-0.3, -0.25) is 14.9 Å². The van der Waals surface area contributed by atoms with Crippen molar-refractivity contribution >= 4 is 23.3 Å². The van der Waals surface area contributed by atoms with Crippen LogP contribution in [0.4, 0.5) is 11.4 Å². The summed E-state index contributed by atoms with van der Waals surface area (Å²) in [6, 6.07) is 9.34. The number of nitrogens with zero attached hydrogens (tertiary/aromatic N) is 1. The summed E-state index contributed by atoms with van der Waals surface area (Å²) in [6.07, 6.45) is 1.46. The highest BCUT2D eigenvalue weighted by atomic mass is 16.6. The fraction of sp³-hybridized carbons (Fsp3) is 0.300. The molecule has 1 N–H and O–H groups in total. The van der Waals surface area contributed by atoms with Crippen LogP contribution in [-0.2, 0) is 17.6 Å². The second-order valence-electron chi connectivity index (χ2n) is 5.86. The lowest BCUT2D eigenvalue weighted by Gasteiger charge is -2.14. The number of rotatable bonds is 7. The number of anilines is 1. The minimum Gasteiger partial charge on any atom is -0.462 e. The lowest BCUT2D eigenvalue weighted by atomic mass is 10.0. The van der Waals surface area contributed by atoms with Gasteiger partial charge < -0.3 is 10.1 Å². The Morgan fingerprint density at radius 3 is 2.15 bits per heavy atom. The normalized spacial score (nSPS) is 10.3. The molecule has 7 heteroatoms. The van der Waals surface area contributed by atoms with Crippen molar-refractivity contribution in [2.24, 2.45) is 0 Å². The van der Waals surface area contributed by atoms with Crippen LogP contribution in [0.3, 0.4) is 0 Å². The van der Waals surface area contributed by atoms with Crippen molar-refractivity contribution in [1.29, 1.82) is 0 Å². The van der Waals surface area contributed by atoms with E-state index in [0.29, 0.717) is 5.69 Å². The van der Waals surface area contributed by atoms with E-state index in [1.807, 2.05) is 32.0 Å². The minimum absolute atomic E-state index is 0.0280. The van der Waals surface area contributed by atoms with Gasteiger partial charge in [0, 0.05) is 23.4 Å². The predicted octanol–water partition coefficient (Wildman–Crippen LogP) is 4.15. The number of amides is 1. The molecule has 27 heavy (non-hydrogen) atoms. The molecule has 0 saturated heterocycles. The molecular weight excluding hydrogens is 348 g/mol. The van der Waals surface area contributed by atoms with Gasteiger partial charge in [-0.1, -0.05) is 32.0 Å². The largest absolute Gasteiger partial charge is 0.462 e. The third-order valence-corrected chi connectivity index (χ3v) is 4.14. The molecule has 7 nitrogen and oxygen atoms in total. The molecule has 2 aromatic rings. The van der Waals surface area contributed by atoms with Crippen LogP contribution >= 0.6 is 0 Å². The second-order valence-corrected chi connectivity index (χ2v) is 5.86. The van der Waals surface area contributed by atoms with Crippen LogP contribution in [-0.4, -0.2) is 23.4 Å². The van der Waals surface area contributed by atoms with E-state index in [1.165, 1.54) is 6.07 Å². The van der Waals surface area contributed by atoms with Gasteiger partial charge in [-0.05, 0) is 37.0 Å². The fourth-order valence-corrected chi connectivity index (χ4v) is 2.77. The summed E-state index contributed by atoms with van der Waals surface area (Å²) in [7, 11) is 0. The number of carbonyl (C=O) groups is 2. The number of benzene rings is 2. The van der Waals surface area contributed by atoms with Gasteiger partial charge in [-0.25, -0.2) is 4.79 Å². The Balaban J connectivity index is 2.44. The zero-order valence-corrected chi connectivity index (χ0v) is 15.6. The molecule has 0 aliphatic carbocycles. The maximum Gasteiger partial charge on any atom is 0.338 e. The van der Waals surface area contributed by atoms with Crippen LogP contribution in [0.2, 0.25) is 0 Å². The van der Waals surface area contributed by atoms with E-state index in [0.717, 1.165) is 36.1 Å². The number of hydrogen-bond donors (Lipinski definition) is 1. The highest BCUT2D eigenvalue weighted by Crippen LogP contribution is 2.25. The summed E-state index contributed by atoms with van der Waals surface area (Å²) in [6.45, 7) is 5.73. The molecule has 0 radical (unpaired) electrons. The van der Waals surface area contributed by atoms with Crippen molar-refractivity contribution in [2.75, 3.05) is 11.9 Å². The lowest BCUT2D eigenvalue weighted by Crippen LogP contribution is -2.16. The number of para-hydroxylation sites is 1. The van der Waals surface area contributed by atoms with Crippen molar-refractivity contribution in [1.82, 2.24) is 0 Å². The maximum absolute atomic E-state index is 12.8. The lowest BCUT2D eigenvalue weighted by molar-refractivity contribution is -0.384. The van der Waals surface area contributed by atoms with E-state index in [1.54, 1.807) is 6.92 Å². The maximum atomic E-state index is 12.8. The summed E-state index contributed by atoms with van der Waals surface area (Å²) >= 11 is 0. The molecule has 0 aliphatic heterocycles. The quantitative estimate of drug-likeness (QED) is 0.448. The predicted molar refractivity (Wildman–Crippen MR) is 102 cm³/mol. The summed E-state index contributed by atoms with van der Waals surface area (Å²) in [5.74, 6) is -1.22. The molecule has 2 rings (SSSR count). The average Bonchev–Trinajstić information content (AvgIpc) is 2.67. The van der Waals surface area contributed by atoms with Gasteiger partial charge >= 0.3 is 5.97 Å². The van der Waals surface area contributed by atoms with E-state index in [4.69, 9.17) is 4.74 Å². The zero-order valence-electron chi connectivity index (χ0n) is 15.6. The van der Waals surface area contributed by atoms with E-state index < -0.39 is 16.8 Å². The first-order valence-electron chi connectivity index (χ1n) is 8.79. The highest BCUT2D eigenvalue weighted by molar-refractivity contribution is 6.07. The number of ether oxygens (including phenoxy) is 1. The monoisotopic (exact) mass is 370 g/mol. The number of nitro benzene ring substituents is 1. The van der Waals surface area contributed by atoms with E-state index in [-0.39, 0.29) is 23.4 Å². The molecule has 0 saturated carbocycles. The topological polar surface area (TPSA) is 98.5 Å². The van der Waals surface area contributed by atoms with Crippen LogP contribution in [0.25, 0.3) is 0 Å². The second kappa shape index (κ2) is 8.93. The Hall–Kier alpha value is -3.22. The summed E-state index contributed by atoms with van der Waals surface area (Å²) in [5, 5.41) is 14.0. The Morgan fingerprint density at radius 2 is 1.63 bits per heavy atom. The zero-order chi connectivity index (χ0) is 20.0. The molecular formula is C20H22N2O5. The van der Waals surface area contributed by atoms with Crippen molar-refractivity contribution in [3.63, 3.8) is 0 Å². The molecule has 1 amide bonds. The minimum atomic E-state index is -0.710. The summed E-state index contributed by atoms with van der Waals surface area (Å²) < 4.78 is 4.90. The SMILES string of the molecule is CCOC(=O)c1cc(C(=O)Nc2c(CC)cccc2CC)cc([N+](=O)[O-])c1. The molecule has 142 valence electrons. The van der Waals surface area contributed by atoms with Gasteiger partial charge in [0.15, 0.2) is 0 Å². The Bertz CT molecular complexity index is 854. The fourth-order valence-electron chi connectivity index (χ4n) is 2.77. The molecule has 0 bridgehead atoms. The number of carbonyl (C=O) groups excluding carboxylic acids is 2. The first kappa shape index (κ1) is 20.1. The van der Waals surface area contributed by atoms with E-state index in [9.17, 15) is 19.7 Å². The van der Waals surface area contributed by atoms with Crippen LogP contribution < -0.4 is 5.32 Å². The number of nitro groups is 1. The molecule has 0 spiro atoms. The Kier molecular flexibility index (Phi) is 6.65. The number of nitrogens with one attached hydrogen (secondary N) is 1. The van der Waals surface area contributed by atoms with Crippen molar-refractivity contribution in [3.05, 3.63) is 68.8 Å². The van der Waals surface area contributed by atoms with Crippen LogP contribution in [0.1, 0.15) is 52.6 Å². The molecule has 0 aliphatic rings. The first-order chi connectivity index (χ1) is 12.9. The highest BCUT2D eigenvalue weighted by Gasteiger charge is 2.20. The molecule has 0 atom stereocenters. The third kappa shape index (κ3) is 4.69. The molecule has 0 aromatic heterocycles. The Labute approximate surface area is 157 Å². The van der Waals surface area contributed by atoms with Crippen LogP contribution in [0.5, 0.6) is 0 Å². The standard InChI is InChI=1S/C20H22N2O5/c1-4-13-8-7-9-14(5-2)18(13)21-19(23)15-10-16(20(24)27-6-3)12-17(11-15)22(25)26/h7-12H,4-6H2,1-3H3,(H,21,23). The summed E-state index contributed by atoms with van der Waals surface area (Å²) in [5.41, 5.74) is 2.30. The molecule has 0 fully saturated rings. The number of esters is 1. The van der Waals surface area contributed by atoms with Crippen LogP contribution in [0, 0.1) is 10.1 Å². The van der Waals surface area contributed by atoms with Crippen molar-refractivity contribution in [2.45, 2.75) is 33.6 Å².